The fourth-order valence-corrected chi connectivity index (χ4v) is 0. The van der Waals surface area contributed by atoms with Gasteiger partial charge in [-0.15, -0.1) is 0 Å². The Labute approximate surface area is 71.9 Å². The summed E-state index contributed by atoms with van der Waals surface area (Å²) in [6.45, 7) is 1.72. The second-order valence-electron chi connectivity index (χ2n) is 1.24. The van der Waals surface area contributed by atoms with Crippen LogP contribution in [-0.2, 0) is 0 Å². The van der Waals surface area contributed by atoms with Crippen LogP contribution in [0.3, 0.4) is 0 Å². The van der Waals surface area contributed by atoms with Gasteiger partial charge in [-0.2, -0.15) is 0 Å². The average molecular weight is 200 g/mol. The Morgan fingerprint density at radius 2 is 1.38 bits per heavy atom. The third kappa shape index (κ3) is 15.7. The highest BCUT2D eigenvalue weighted by molar-refractivity contribution is 6.46. The lowest BCUT2D eigenvalue weighted by Crippen LogP contribution is -3.00. The summed E-state index contributed by atoms with van der Waals surface area (Å²) in [6, 6.07) is 0. The second-order valence-corrected chi connectivity index (χ2v) is 3.01. The van der Waals surface area contributed by atoms with Gasteiger partial charge in [0.15, 0.2) is 0 Å². The predicted molar refractivity (Wildman–Crippen MR) is 28.0 cm³/mol. The third-order valence-electron chi connectivity index (χ3n) is 0.507. The van der Waals surface area contributed by atoms with Gasteiger partial charge in [0.05, 0.1) is 7.05 Å². The van der Waals surface area contributed by atoms with E-state index in [4.69, 9.17) is 23.2 Å². The van der Waals surface area contributed by atoms with Crippen LogP contribution in [0.5, 0.6) is 0 Å². The van der Waals surface area contributed by atoms with Crippen molar-refractivity contribution in [2.24, 2.45) is 0 Å². The van der Waals surface area contributed by atoms with Crippen molar-refractivity contribution in [3.8, 4) is 0 Å². The molecule has 0 bridgehead atoms. The molecule has 0 atom stereocenters. The van der Waals surface area contributed by atoms with Crippen molar-refractivity contribution in [3.63, 3.8) is 0 Å². The molecule has 0 aliphatic heterocycles. The molecule has 54 valence electrons. The van der Waals surface area contributed by atoms with Crippen LogP contribution in [0.25, 0.3) is 0 Å². The number of hydrogen-bond acceptors (Lipinski definition) is 0. The predicted octanol–water partition coefficient (Wildman–Crippen LogP) is -5.66. The molecule has 0 rings (SSSR count). The largest absolute Gasteiger partial charge is 1.00 e. The van der Waals surface area contributed by atoms with Gasteiger partial charge in [0.1, 0.15) is 0 Å². The molecule has 0 amide bonds. The summed E-state index contributed by atoms with van der Waals surface area (Å²) < 4.78 is -0.639. The summed E-state index contributed by atoms with van der Waals surface area (Å²) >= 11 is 10.9. The van der Waals surface area contributed by atoms with Gasteiger partial charge in [0, 0.05) is 6.92 Å². The maximum absolute atomic E-state index is 5.43. The monoisotopic (exact) mass is 198 g/mol. The van der Waals surface area contributed by atoms with Gasteiger partial charge in [0.25, 0.3) is 0 Å². The highest BCUT2D eigenvalue weighted by Crippen LogP contribution is 2.06. The zero-order valence-electron chi connectivity index (χ0n) is 4.59. The molecule has 0 aliphatic rings. The molecule has 8 heavy (non-hydrogen) atoms. The van der Waals surface area contributed by atoms with Crippen LogP contribution in [0.2, 0.25) is 0 Å². The molecule has 0 aromatic heterocycles. The Bertz CT molecular complexity index is 41.0. The highest BCUT2D eigenvalue weighted by atomic mass is 35.5. The summed E-state index contributed by atoms with van der Waals surface area (Å²) in [4.78, 5) is 0. The van der Waals surface area contributed by atoms with Gasteiger partial charge < -0.3 is 30.1 Å². The molecule has 0 saturated carbocycles. The molecule has 5 heteroatoms. The normalized spacial score (nSPS) is 9.00. The van der Waals surface area contributed by atoms with E-state index >= 15 is 0 Å². The summed E-state index contributed by atoms with van der Waals surface area (Å²) in [5, 5.41) is 1.72. The van der Waals surface area contributed by atoms with E-state index in [2.05, 4.69) is 0 Å². The first-order valence-corrected chi connectivity index (χ1v) is 2.50. The molecule has 0 unspecified atom stereocenters. The van der Waals surface area contributed by atoms with Crippen molar-refractivity contribution in [3.05, 3.63) is 0 Å². The van der Waals surface area contributed by atoms with E-state index < -0.39 is 4.46 Å². The smallest absolute Gasteiger partial charge is 0.244 e. The molecule has 0 radical (unpaired) electrons. The number of hydrogen-bond donors (Lipinski definition) is 1. The van der Waals surface area contributed by atoms with Gasteiger partial charge in [-0.05, 0) is 23.2 Å². The molecule has 0 fully saturated rings. The van der Waals surface area contributed by atoms with E-state index in [0.29, 0.717) is 0 Å². The zero-order chi connectivity index (χ0) is 5.21. The van der Waals surface area contributed by atoms with Gasteiger partial charge in [-0.3, -0.25) is 0 Å². The Kier molecular flexibility index (Phi) is 12.5. The molecule has 2 N–H and O–H groups in total. The Hall–Kier alpha value is 1.12. The van der Waals surface area contributed by atoms with E-state index in [0.717, 1.165) is 0 Å². The number of alkyl halides is 2. The SMILES string of the molecule is C[NH2+]C(C)(Cl)Cl.[Cl-].[Cl-]. The molecule has 0 spiro atoms. The summed E-state index contributed by atoms with van der Waals surface area (Å²) in [5.74, 6) is 0. The highest BCUT2D eigenvalue weighted by Gasteiger charge is 2.14. The lowest BCUT2D eigenvalue weighted by molar-refractivity contribution is -0.655. The molecule has 0 aromatic carbocycles. The van der Waals surface area contributed by atoms with Crippen LogP contribution < -0.4 is 30.1 Å². The molecular weight excluding hydrogens is 192 g/mol. The Morgan fingerprint density at radius 1 is 1.25 bits per heavy atom. The summed E-state index contributed by atoms with van der Waals surface area (Å²) in [7, 11) is 1.82. The van der Waals surface area contributed by atoms with Crippen molar-refractivity contribution in [2.75, 3.05) is 7.05 Å². The zero-order valence-corrected chi connectivity index (χ0v) is 7.61. The number of rotatable bonds is 1. The Balaban J connectivity index is -0.000000125. The minimum Gasteiger partial charge on any atom is -1.00 e. The van der Waals surface area contributed by atoms with Crippen molar-refractivity contribution in [2.45, 2.75) is 11.4 Å². The van der Waals surface area contributed by atoms with Crippen LogP contribution in [0, 0.1) is 0 Å². The number of quaternary nitrogens is 1. The molecule has 0 heterocycles. The molecule has 1 nitrogen and oxygen atoms in total. The quantitative estimate of drug-likeness (QED) is 0.321. The maximum atomic E-state index is 5.43. The van der Waals surface area contributed by atoms with Crippen molar-refractivity contribution in [1.29, 1.82) is 0 Å². The lowest BCUT2D eigenvalue weighted by atomic mass is 10.7. The maximum Gasteiger partial charge on any atom is 0.244 e. The van der Waals surface area contributed by atoms with Crippen LogP contribution in [0.1, 0.15) is 6.92 Å². The van der Waals surface area contributed by atoms with Crippen molar-refractivity contribution < 1.29 is 30.1 Å². The molecular formula is C3H8Cl4N-. The van der Waals surface area contributed by atoms with Gasteiger partial charge in [-0.25, -0.2) is 0 Å². The van der Waals surface area contributed by atoms with Gasteiger partial charge in [0.2, 0.25) is 4.46 Å². The van der Waals surface area contributed by atoms with E-state index in [9.17, 15) is 0 Å². The standard InChI is InChI=1S/C3H7Cl2N.2ClH/c1-3(4,5)6-2;;/h6H,1-2H3;2*1H/p-1. The van der Waals surface area contributed by atoms with Crippen molar-refractivity contribution in [1.82, 2.24) is 0 Å². The topological polar surface area (TPSA) is 16.6 Å². The van der Waals surface area contributed by atoms with Gasteiger partial charge >= 0.3 is 0 Å². The summed E-state index contributed by atoms with van der Waals surface area (Å²) in [6.07, 6.45) is 0. The average Bonchev–Trinajstić information content (AvgIpc) is 1.35. The first kappa shape index (κ1) is 16.1. The number of halogens is 4. The first-order valence-electron chi connectivity index (χ1n) is 1.74. The fraction of sp³-hybridized carbons (Fsp3) is 1.00. The van der Waals surface area contributed by atoms with Crippen LogP contribution in [-0.4, -0.2) is 11.5 Å². The van der Waals surface area contributed by atoms with E-state index in [1.54, 1.807) is 12.2 Å². The molecule has 0 saturated heterocycles. The fourth-order valence-electron chi connectivity index (χ4n) is 0. The van der Waals surface area contributed by atoms with Crippen LogP contribution in [0.15, 0.2) is 0 Å². The summed E-state index contributed by atoms with van der Waals surface area (Å²) in [5.41, 5.74) is 0. The minimum atomic E-state index is -0.639. The third-order valence-corrected chi connectivity index (χ3v) is 0.943. The molecule has 0 aromatic rings. The van der Waals surface area contributed by atoms with Crippen molar-refractivity contribution >= 4 is 23.2 Å². The van der Waals surface area contributed by atoms with E-state index in [1.165, 1.54) is 0 Å². The lowest BCUT2D eigenvalue weighted by Gasteiger charge is -2.04. The molecule has 0 aliphatic carbocycles. The van der Waals surface area contributed by atoms with E-state index in [-0.39, 0.29) is 24.8 Å². The van der Waals surface area contributed by atoms with Crippen LogP contribution >= 0.6 is 23.2 Å². The number of nitrogens with two attached hydrogens (primary N) is 1. The first-order chi connectivity index (χ1) is 2.56. The van der Waals surface area contributed by atoms with E-state index in [1.807, 2.05) is 7.05 Å². The van der Waals surface area contributed by atoms with Gasteiger partial charge in [-0.1, -0.05) is 0 Å². The Morgan fingerprint density at radius 3 is 1.38 bits per heavy atom. The second kappa shape index (κ2) is 6.24. The minimum absolute atomic E-state index is 0. The van der Waals surface area contributed by atoms with Crippen LogP contribution in [0.4, 0.5) is 0 Å².